The van der Waals surface area contributed by atoms with Gasteiger partial charge < -0.3 is 14.6 Å². The number of carbonyl (C=O) groups excluding carboxylic acids is 1. The molecule has 0 radical (unpaired) electrons. The number of carbonyl (C=O) groups is 1. The summed E-state index contributed by atoms with van der Waals surface area (Å²) in [5.74, 6) is -0.267. The van der Waals surface area contributed by atoms with Crippen LogP contribution in [0.1, 0.15) is 18.2 Å². The maximum atomic E-state index is 12.3. The van der Waals surface area contributed by atoms with E-state index in [1.165, 1.54) is 6.92 Å². The van der Waals surface area contributed by atoms with Crippen LogP contribution in [0.4, 0.5) is 0 Å². The van der Waals surface area contributed by atoms with Crippen LogP contribution in [0.2, 0.25) is 10.0 Å². The number of amides is 1. The first-order chi connectivity index (χ1) is 12.8. The molecule has 27 heavy (non-hydrogen) atoms. The molecule has 0 saturated heterocycles. The van der Waals surface area contributed by atoms with E-state index in [0.29, 0.717) is 29.6 Å². The molecule has 3 aromatic rings. The standard InChI is InChI=1S/C19H20Cl2N4O2/c1-10(26)19(27)25-7-5-15-12(9-25)16-11(14-4-6-23(2)22-14)8-13(20)17(21)18(16)24(15)3/h4,6,8,10,26H,5,7,9H2,1-3H3/t10-/m1/s1. The van der Waals surface area contributed by atoms with Crippen molar-refractivity contribution in [3.63, 3.8) is 0 Å². The molecule has 1 amide bonds. The lowest BCUT2D eigenvalue weighted by Crippen LogP contribution is -2.41. The number of rotatable bonds is 2. The van der Waals surface area contributed by atoms with Gasteiger partial charge >= 0.3 is 0 Å². The number of aryl methyl sites for hydroxylation is 2. The highest BCUT2D eigenvalue weighted by molar-refractivity contribution is 6.45. The van der Waals surface area contributed by atoms with Gasteiger partial charge in [-0.2, -0.15) is 5.10 Å². The fourth-order valence-corrected chi connectivity index (χ4v) is 4.40. The smallest absolute Gasteiger partial charge is 0.251 e. The maximum absolute atomic E-state index is 12.3. The Morgan fingerprint density at radius 1 is 1.33 bits per heavy atom. The third-order valence-corrected chi connectivity index (χ3v) is 5.99. The summed E-state index contributed by atoms with van der Waals surface area (Å²) >= 11 is 13.0. The Hall–Kier alpha value is -2.02. The minimum absolute atomic E-state index is 0.267. The minimum Gasteiger partial charge on any atom is -0.384 e. The first kappa shape index (κ1) is 18.3. The molecule has 1 aliphatic heterocycles. The van der Waals surface area contributed by atoms with Gasteiger partial charge in [0.05, 0.1) is 21.3 Å². The number of aliphatic hydroxyl groups is 1. The van der Waals surface area contributed by atoms with Crippen LogP contribution in [-0.4, -0.2) is 42.9 Å². The molecule has 0 fully saturated rings. The summed E-state index contributed by atoms with van der Waals surface area (Å²) in [6.45, 7) is 2.48. The number of benzene rings is 1. The summed E-state index contributed by atoms with van der Waals surface area (Å²) in [5, 5.41) is 16.2. The third kappa shape index (κ3) is 2.83. The lowest BCUT2D eigenvalue weighted by atomic mass is 9.98. The van der Waals surface area contributed by atoms with Gasteiger partial charge in [0.15, 0.2) is 0 Å². The van der Waals surface area contributed by atoms with Crippen molar-refractivity contribution in [2.45, 2.75) is 26.0 Å². The van der Waals surface area contributed by atoms with Crippen molar-refractivity contribution in [3.05, 3.63) is 39.6 Å². The molecule has 1 atom stereocenters. The lowest BCUT2D eigenvalue weighted by Gasteiger charge is -2.29. The zero-order valence-corrected chi connectivity index (χ0v) is 16.8. The van der Waals surface area contributed by atoms with Gasteiger partial charge in [0.25, 0.3) is 5.91 Å². The number of fused-ring (bicyclic) bond motifs is 3. The maximum Gasteiger partial charge on any atom is 0.251 e. The summed E-state index contributed by atoms with van der Waals surface area (Å²) in [6, 6.07) is 3.77. The summed E-state index contributed by atoms with van der Waals surface area (Å²) < 4.78 is 3.80. The zero-order chi connectivity index (χ0) is 19.5. The van der Waals surface area contributed by atoms with E-state index in [0.717, 1.165) is 33.4 Å². The van der Waals surface area contributed by atoms with Crippen molar-refractivity contribution in [1.29, 1.82) is 0 Å². The van der Waals surface area contributed by atoms with Crippen molar-refractivity contribution in [2.75, 3.05) is 6.54 Å². The van der Waals surface area contributed by atoms with E-state index in [1.54, 1.807) is 9.58 Å². The van der Waals surface area contributed by atoms with Gasteiger partial charge in [-0.3, -0.25) is 9.48 Å². The topological polar surface area (TPSA) is 63.3 Å². The van der Waals surface area contributed by atoms with E-state index in [9.17, 15) is 9.90 Å². The van der Waals surface area contributed by atoms with Crippen molar-refractivity contribution in [2.24, 2.45) is 14.1 Å². The van der Waals surface area contributed by atoms with E-state index in [1.807, 2.05) is 32.4 Å². The van der Waals surface area contributed by atoms with Crippen LogP contribution in [0, 0.1) is 0 Å². The normalized spacial score (nSPS) is 15.3. The molecule has 0 bridgehead atoms. The molecule has 0 saturated carbocycles. The average molecular weight is 407 g/mol. The van der Waals surface area contributed by atoms with Gasteiger partial charge in [0.2, 0.25) is 0 Å². The largest absolute Gasteiger partial charge is 0.384 e. The molecule has 3 heterocycles. The molecule has 8 heteroatoms. The summed E-state index contributed by atoms with van der Waals surface area (Å²) in [4.78, 5) is 14.0. The zero-order valence-electron chi connectivity index (χ0n) is 15.3. The predicted molar refractivity (Wildman–Crippen MR) is 106 cm³/mol. The quantitative estimate of drug-likeness (QED) is 0.710. The van der Waals surface area contributed by atoms with E-state index in [-0.39, 0.29) is 5.91 Å². The van der Waals surface area contributed by atoms with Crippen molar-refractivity contribution < 1.29 is 9.90 Å². The van der Waals surface area contributed by atoms with Crippen molar-refractivity contribution in [3.8, 4) is 11.3 Å². The number of aromatic nitrogens is 3. The van der Waals surface area contributed by atoms with Crippen LogP contribution in [-0.2, 0) is 31.9 Å². The fraction of sp³-hybridized carbons (Fsp3) is 0.368. The molecule has 2 aromatic heterocycles. The summed E-state index contributed by atoms with van der Waals surface area (Å²) in [7, 11) is 3.83. The molecule has 6 nitrogen and oxygen atoms in total. The van der Waals surface area contributed by atoms with Crippen molar-refractivity contribution in [1.82, 2.24) is 19.2 Å². The minimum atomic E-state index is -1.02. The second kappa shape index (κ2) is 6.55. The molecule has 142 valence electrons. The monoisotopic (exact) mass is 406 g/mol. The van der Waals surface area contributed by atoms with Crippen LogP contribution in [0.25, 0.3) is 22.2 Å². The molecule has 0 unspecified atom stereocenters. The van der Waals surface area contributed by atoms with Crippen LogP contribution in [0.3, 0.4) is 0 Å². The number of hydrogen-bond donors (Lipinski definition) is 1. The van der Waals surface area contributed by atoms with E-state index >= 15 is 0 Å². The highest BCUT2D eigenvalue weighted by Gasteiger charge is 2.30. The Balaban J connectivity index is 1.99. The molecular weight excluding hydrogens is 387 g/mol. The lowest BCUT2D eigenvalue weighted by molar-refractivity contribution is -0.140. The molecule has 1 N–H and O–H groups in total. The SMILES string of the molecule is C[C@@H](O)C(=O)N1CCc2c(c3c(-c4ccn(C)n4)cc(Cl)c(Cl)c3n2C)C1. The van der Waals surface area contributed by atoms with Crippen molar-refractivity contribution >= 4 is 40.0 Å². The van der Waals surface area contributed by atoms with Gasteiger partial charge in [0, 0.05) is 62.0 Å². The third-order valence-electron chi connectivity index (χ3n) is 5.21. The van der Waals surface area contributed by atoms with Crippen LogP contribution < -0.4 is 0 Å². The van der Waals surface area contributed by atoms with Crippen LogP contribution >= 0.6 is 23.2 Å². The highest BCUT2D eigenvalue weighted by Crippen LogP contribution is 2.43. The molecular formula is C19H20Cl2N4O2. The first-order valence-corrected chi connectivity index (χ1v) is 9.50. The Bertz CT molecular complexity index is 1070. The Kier molecular flexibility index (Phi) is 4.45. The number of aliphatic hydroxyl groups excluding tert-OH is 1. The highest BCUT2D eigenvalue weighted by atomic mass is 35.5. The number of nitrogens with zero attached hydrogens (tertiary/aromatic N) is 4. The van der Waals surface area contributed by atoms with E-state index in [4.69, 9.17) is 23.2 Å². The van der Waals surface area contributed by atoms with Crippen LogP contribution in [0.15, 0.2) is 18.3 Å². The average Bonchev–Trinajstić information content (AvgIpc) is 3.19. The molecule has 0 aliphatic carbocycles. The molecule has 1 aromatic carbocycles. The van der Waals surface area contributed by atoms with E-state index in [2.05, 4.69) is 9.67 Å². The van der Waals surface area contributed by atoms with Gasteiger partial charge in [-0.05, 0) is 19.1 Å². The second-order valence-corrected chi connectivity index (χ2v) is 7.77. The Morgan fingerprint density at radius 2 is 2.07 bits per heavy atom. The molecule has 4 rings (SSSR count). The predicted octanol–water partition coefficient (Wildman–Crippen LogP) is 3.15. The van der Waals surface area contributed by atoms with Gasteiger partial charge in [-0.25, -0.2) is 0 Å². The first-order valence-electron chi connectivity index (χ1n) is 8.74. The summed E-state index contributed by atoms with van der Waals surface area (Å²) in [5.41, 5.74) is 4.70. The summed E-state index contributed by atoms with van der Waals surface area (Å²) in [6.07, 6.45) is 1.55. The van der Waals surface area contributed by atoms with Gasteiger partial charge in [-0.1, -0.05) is 23.2 Å². The second-order valence-electron chi connectivity index (χ2n) is 6.99. The van der Waals surface area contributed by atoms with Gasteiger partial charge in [-0.15, -0.1) is 0 Å². The number of halogens is 2. The number of hydrogen-bond acceptors (Lipinski definition) is 3. The Morgan fingerprint density at radius 3 is 2.70 bits per heavy atom. The molecule has 0 spiro atoms. The van der Waals surface area contributed by atoms with Gasteiger partial charge in [0.1, 0.15) is 6.10 Å². The van der Waals surface area contributed by atoms with Crippen LogP contribution in [0.5, 0.6) is 0 Å². The molecule has 1 aliphatic rings. The Labute approximate surface area is 166 Å². The fourth-order valence-electron chi connectivity index (χ4n) is 3.93. The van der Waals surface area contributed by atoms with E-state index < -0.39 is 6.10 Å².